The predicted octanol–water partition coefficient (Wildman–Crippen LogP) is 2.51. The fourth-order valence-electron chi connectivity index (χ4n) is 6.89. The van der Waals surface area contributed by atoms with Gasteiger partial charge in [0.1, 0.15) is 0 Å². The molecule has 3 atom stereocenters. The van der Waals surface area contributed by atoms with Gasteiger partial charge in [-0.05, 0) is 82.5 Å². The van der Waals surface area contributed by atoms with Gasteiger partial charge in [-0.3, -0.25) is 0 Å². The Kier molecular flexibility index (Phi) is 2.48. The van der Waals surface area contributed by atoms with E-state index in [4.69, 9.17) is 0 Å². The van der Waals surface area contributed by atoms with Crippen molar-refractivity contribution < 1.29 is 9.90 Å². The second-order valence-electron chi connectivity index (χ2n) is 9.45. The van der Waals surface area contributed by atoms with Crippen LogP contribution in [0.3, 0.4) is 0 Å². The number of aliphatic hydroxyl groups is 1. The quantitative estimate of drug-likeness (QED) is 0.823. The Labute approximate surface area is 132 Å². The monoisotopic (exact) mass is 304 g/mol. The van der Waals surface area contributed by atoms with Gasteiger partial charge in [0.15, 0.2) is 0 Å². The standard InChI is InChI=1S/C18H28N2O2/c1-17(2)15(19-16(21)20(17)13-3-4-13)14-11-5-10-6-12(14)9-18(22,7-10)8-11/h10-15,22H,3-9H2,1-2H3,(H,19,21). The minimum absolute atomic E-state index is 0.0824. The maximum Gasteiger partial charge on any atom is 0.318 e. The number of rotatable bonds is 2. The molecule has 0 spiro atoms. The van der Waals surface area contributed by atoms with E-state index in [1.54, 1.807) is 0 Å². The fourth-order valence-corrected chi connectivity index (χ4v) is 6.89. The first-order valence-corrected chi connectivity index (χ1v) is 9.20. The molecule has 5 aliphatic carbocycles. The van der Waals surface area contributed by atoms with Crippen LogP contribution in [0.2, 0.25) is 0 Å². The number of hydrogen-bond acceptors (Lipinski definition) is 2. The summed E-state index contributed by atoms with van der Waals surface area (Å²) in [4.78, 5) is 14.7. The largest absolute Gasteiger partial charge is 0.390 e. The zero-order valence-corrected chi connectivity index (χ0v) is 13.7. The Morgan fingerprint density at radius 1 is 1.14 bits per heavy atom. The number of amides is 2. The SMILES string of the molecule is CC1(C)C(C2C3CC4CC2CC(O)(C4)C3)NC(=O)N1C1CC1. The smallest absolute Gasteiger partial charge is 0.318 e. The summed E-state index contributed by atoms with van der Waals surface area (Å²) in [5.74, 6) is 2.53. The van der Waals surface area contributed by atoms with Crippen LogP contribution in [0, 0.1) is 23.7 Å². The van der Waals surface area contributed by atoms with Crippen molar-refractivity contribution in [3.8, 4) is 0 Å². The Morgan fingerprint density at radius 3 is 2.32 bits per heavy atom. The molecule has 0 aromatic heterocycles. The Bertz CT molecular complexity index is 511. The third kappa shape index (κ3) is 1.70. The minimum Gasteiger partial charge on any atom is -0.390 e. The average molecular weight is 304 g/mol. The number of urea groups is 1. The number of nitrogens with one attached hydrogen (secondary N) is 1. The van der Waals surface area contributed by atoms with Crippen LogP contribution in [-0.4, -0.2) is 39.3 Å². The predicted molar refractivity (Wildman–Crippen MR) is 83.3 cm³/mol. The summed E-state index contributed by atoms with van der Waals surface area (Å²) in [6, 6.07) is 0.894. The van der Waals surface area contributed by atoms with Gasteiger partial charge in [-0.25, -0.2) is 4.79 Å². The third-order valence-electron chi connectivity index (χ3n) is 7.49. The molecular formula is C18H28N2O2. The topological polar surface area (TPSA) is 52.6 Å². The van der Waals surface area contributed by atoms with Gasteiger partial charge in [0.05, 0.1) is 17.2 Å². The fraction of sp³-hybridized carbons (Fsp3) is 0.944. The van der Waals surface area contributed by atoms with Crippen LogP contribution >= 0.6 is 0 Å². The van der Waals surface area contributed by atoms with E-state index in [9.17, 15) is 9.90 Å². The van der Waals surface area contributed by atoms with Crippen molar-refractivity contribution >= 4 is 6.03 Å². The molecule has 2 N–H and O–H groups in total. The molecule has 4 heteroatoms. The van der Waals surface area contributed by atoms with Crippen molar-refractivity contribution in [2.75, 3.05) is 0 Å². The number of hydrogen-bond donors (Lipinski definition) is 2. The van der Waals surface area contributed by atoms with Crippen LogP contribution in [0.25, 0.3) is 0 Å². The zero-order chi connectivity index (χ0) is 15.3. The normalized spacial score (nSPS) is 52.2. The van der Waals surface area contributed by atoms with E-state index in [2.05, 4.69) is 24.1 Å². The molecule has 1 saturated heterocycles. The molecule has 1 heterocycles. The van der Waals surface area contributed by atoms with E-state index >= 15 is 0 Å². The first-order valence-electron chi connectivity index (χ1n) is 9.20. The maximum atomic E-state index is 12.5. The van der Waals surface area contributed by atoms with Crippen LogP contribution in [0.1, 0.15) is 58.8 Å². The van der Waals surface area contributed by atoms with E-state index in [1.165, 1.54) is 25.7 Å². The second-order valence-corrected chi connectivity index (χ2v) is 9.45. The molecule has 6 rings (SSSR count). The molecule has 5 saturated carbocycles. The second kappa shape index (κ2) is 4.00. The molecule has 4 nitrogen and oxygen atoms in total. The highest BCUT2D eigenvalue weighted by Gasteiger charge is 2.62. The highest BCUT2D eigenvalue weighted by atomic mass is 16.3. The molecule has 0 radical (unpaired) electrons. The average Bonchev–Trinajstić information content (AvgIpc) is 3.15. The van der Waals surface area contributed by atoms with E-state index in [1.807, 2.05) is 0 Å². The molecule has 122 valence electrons. The van der Waals surface area contributed by atoms with Gasteiger partial charge in [-0.15, -0.1) is 0 Å². The lowest BCUT2D eigenvalue weighted by Gasteiger charge is -2.60. The summed E-state index contributed by atoms with van der Waals surface area (Å²) in [6.07, 6.45) is 7.85. The van der Waals surface area contributed by atoms with Crippen molar-refractivity contribution in [2.24, 2.45) is 23.7 Å². The molecular weight excluding hydrogens is 276 g/mol. The summed E-state index contributed by atoms with van der Waals surface area (Å²) >= 11 is 0. The van der Waals surface area contributed by atoms with Crippen molar-refractivity contribution in [1.29, 1.82) is 0 Å². The number of nitrogens with zero attached hydrogens (tertiary/aromatic N) is 1. The molecule has 4 bridgehead atoms. The van der Waals surface area contributed by atoms with Crippen molar-refractivity contribution in [2.45, 2.75) is 82.0 Å². The Balaban J connectivity index is 1.47. The maximum absolute atomic E-state index is 12.5. The van der Waals surface area contributed by atoms with Gasteiger partial charge in [0.2, 0.25) is 0 Å². The molecule has 0 aromatic carbocycles. The van der Waals surface area contributed by atoms with Crippen LogP contribution in [0.5, 0.6) is 0 Å². The van der Waals surface area contributed by atoms with Crippen LogP contribution < -0.4 is 5.32 Å². The molecule has 0 aromatic rings. The lowest BCUT2D eigenvalue weighted by molar-refractivity contribution is -0.161. The Hall–Kier alpha value is -0.770. The third-order valence-corrected chi connectivity index (χ3v) is 7.49. The summed E-state index contributed by atoms with van der Waals surface area (Å²) in [7, 11) is 0. The minimum atomic E-state index is -0.379. The molecule has 2 amide bonds. The number of carbonyl (C=O) groups is 1. The lowest BCUT2D eigenvalue weighted by Crippen LogP contribution is -2.62. The first kappa shape index (κ1) is 13.6. The summed E-state index contributed by atoms with van der Waals surface area (Å²) in [5, 5.41) is 14.2. The van der Waals surface area contributed by atoms with Crippen LogP contribution in [-0.2, 0) is 0 Å². The van der Waals surface area contributed by atoms with E-state index in [0.717, 1.165) is 25.2 Å². The highest BCUT2D eigenvalue weighted by molar-refractivity contribution is 5.79. The van der Waals surface area contributed by atoms with E-state index in [0.29, 0.717) is 23.8 Å². The first-order chi connectivity index (χ1) is 10.4. The lowest BCUT2D eigenvalue weighted by atomic mass is 9.48. The van der Waals surface area contributed by atoms with Crippen molar-refractivity contribution in [3.63, 3.8) is 0 Å². The van der Waals surface area contributed by atoms with Gasteiger partial charge < -0.3 is 15.3 Å². The van der Waals surface area contributed by atoms with Gasteiger partial charge in [0, 0.05) is 6.04 Å². The van der Waals surface area contributed by atoms with E-state index < -0.39 is 0 Å². The Morgan fingerprint density at radius 2 is 1.77 bits per heavy atom. The molecule has 6 fully saturated rings. The summed E-state index contributed by atoms with van der Waals surface area (Å²) < 4.78 is 0. The molecule has 3 unspecified atom stereocenters. The van der Waals surface area contributed by atoms with Gasteiger partial charge in [-0.1, -0.05) is 0 Å². The zero-order valence-electron chi connectivity index (χ0n) is 13.7. The van der Waals surface area contributed by atoms with Crippen molar-refractivity contribution in [3.05, 3.63) is 0 Å². The van der Waals surface area contributed by atoms with Crippen LogP contribution in [0.15, 0.2) is 0 Å². The van der Waals surface area contributed by atoms with Gasteiger partial charge in [0.25, 0.3) is 0 Å². The van der Waals surface area contributed by atoms with E-state index in [-0.39, 0.29) is 23.2 Å². The molecule has 6 aliphatic rings. The molecule has 1 aliphatic heterocycles. The van der Waals surface area contributed by atoms with Crippen LogP contribution in [0.4, 0.5) is 4.79 Å². The number of carbonyl (C=O) groups excluding carboxylic acids is 1. The highest BCUT2D eigenvalue weighted by Crippen LogP contribution is 2.60. The summed E-state index contributed by atoms with van der Waals surface area (Å²) in [6.45, 7) is 4.52. The van der Waals surface area contributed by atoms with Gasteiger partial charge in [-0.2, -0.15) is 0 Å². The molecule has 22 heavy (non-hydrogen) atoms. The summed E-state index contributed by atoms with van der Waals surface area (Å²) in [5.41, 5.74) is -0.461. The van der Waals surface area contributed by atoms with Gasteiger partial charge >= 0.3 is 6.03 Å². The van der Waals surface area contributed by atoms with Crippen molar-refractivity contribution in [1.82, 2.24) is 10.2 Å².